The number of aryl methyl sites for hydroxylation is 1. The van der Waals surface area contributed by atoms with Gasteiger partial charge in [-0.2, -0.15) is 5.10 Å². The molecule has 1 spiro atoms. The summed E-state index contributed by atoms with van der Waals surface area (Å²) < 4.78 is 16.7. The van der Waals surface area contributed by atoms with Crippen LogP contribution in [0.5, 0.6) is 0 Å². The van der Waals surface area contributed by atoms with E-state index >= 15 is 0 Å². The van der Waals surface area contributed by atoms with Crippen molar-refractivity contribution in [2.75, 3.05) is 38.5 Å². The van der Waals surface area contributed by atoms with Crippen molar-refractivity contribution >= 4 is 22.8 Å². The number of fused-ring (bicyclic) bond motifs is 1. The van der Waals surface area contributed by atoms with Crippen LogP contribution in [0.15, 0.2) is 36.8 Å². The number of piperidine rings is 2. The number of likely N-dealkylation sites (tertiary alicyclic amines) is 2. The van der Waals surface area contributed by atoms with Crippen molar-refractivity contribution in [3.05, 3.63) is 53.9 Å². The Morgan fingerprint density at radius 1 is 0.950 bits per heavy atom. The lowest BCUT2D eigenvalue weighted by molar-refractivity contribution is 0.0400. The van der Waals surface area contributed by atoms with Crippen LogP contribution in [0.4, 0.5) is 16.2 Å². The van der Waals surface area contributed by atoms with E-state index in [4.69, 9.17) is 0 Å². The smallest absolute Gasteiger partial charge is 0.229 e. The minimum Gasteiger partial charge on any atom is -0.309 e. The monoisotopic (exact) mass is 543 g/mol. The van der Waals surface area contributed by atoms with E-state index in [-0.39, 0.29) is 17.6 Å². The number of hydrogen-bond acceptors (Lipinski definition) is 8. The second-order valence-corrected chi connectivity index (χ2v) is 11.9. The lowest BCUT2D eigenvalue weighted by atomic mass is 9.71. The Bertz CT molecular complexity index is 1480. The van der Waals surface area contributed by atoms with E-state index < -0.39 is 5.82 Å². The third kappa shape index (κ3) is 5.42. The van der Waals surface area contributed by atoms with Crippen LogP contribution in [0.2, 0.25) is 0 Å². The van der Waals surface area contributed by atoms with E-state index in [1.807, 2.05) is 30.1 Å². The van der Waals surface area contributed by atoms with Crippen molar-refractivity contribution in [2.24, 2.45) is 12.5 Å². The van der Waals surface area contributed by atoms with Gasteiger partial charge in [0.15, 0.2) is 11.5 Å². The summed E-state index contributed by atoms with van der Waals surface area (Å²) in [5.74, 6) is 0.646. The number of anilines is 2. The van der Waals surface area contributed by atoms with Crippen LogP contribution in [-0.2, 0) is 13.6 Å². The Morgan fingerprint density at radius 2 is 1.70 bits per heavy atom. The molecule has 40 heavy (non-hydrogen) atoms. The Hall–Kier alpha value is -3.50. The summed E-state index contributed by atoms with van der Waals surface area (Å²) >= 11 is 0. The summed E-state index contributed by atoms with van der Waals surface area (Å²) in [6.45, 7) is 9.87. The maximum Gasteiger partial charge on any atom is 0.229 e. The van der Waals surface area contributed by atoms with Gasteiger partial charge in [0.25, 0.3) is 0 Å². The topological polar surface area (TPSA) is 87.9 Å². The molecule has 0 saturated carbocycles. The Kier molecular flexibility index (Phi) is 7.22. The van der Waals surface area contributed by atoms with Crippen molar-refractivity contribution in [3.8, 4) is 11.3 Å². The fraction of sp³-hybridized carbons (Fsp3) is 0.500. The molecule has 2 saturated heterocycles. The molecule has 9 nitrogen and oxygen atoms in total. The molecule has 6 rings (SSSR count). The molecule has 4 aromatic rings. The van der Waals surface area contributed by atoms with Gasteiger partial charge < -0.3 is 10.2 Å². The molecule has 4 aromatic heterocycles. The van der Waals surface area contributed by atoms with Crippen molar-refractivity contribution in [3.63, 3.8) is 0 Å². The van der Waals surface area contributed by atoms with Gasteiger partial charge in [-0.3, -0.25) is 9.58 Å². The molecule has 2 aliphatic rings. The number of rotatable bonds is 6. The highest BCUT2D eigenvalue weighted by Gasteiger charge is 2.36. The summed E-state index contributed by atoms with van der Waals surface area (Å²) in [6, 6.07) is 5.93. The minimum absolute atomic E-state index is 0.189. The van der Waals surface area contributed by atoms with Crippen LogP contribution in [0, 0.1) is 11.2 Å². The predicted molar refractivity (Wildman–Crippen MR) is 155 cm³/mol. The first-order valence-electron chi connectivity index (χ1n) is 14.3. The predicted octanol–water partition coefficient (Wildman–Crippen LogP) is 5.13. The number of hydrogen-bond donors (Lipinski definition) is 1. The SMILES string of the molecule is CC(C)c1c2cc(-c3nc(Nc4ccc(CN5CCC6(CCN(C)CC6)CC5)cn4)ncc3F)cnc2nn1C. The van der Waals surface area contributed by atoms with E-state index in [1.165, 1.54) is 50.5 Å². The van der Waals surface area contributed by atoms with Crippen LogP contribution < -0.4 is 5.32 Å². The number of pyridine rings is 2. The van der Waals surface area contributed by atoms with Crippen LogP contribution in [0.3, 0.4) is 0 Å². The van der Waals surface area contributed by atoms with Crippen LogP contribution in [0.25, 0.3) is 22.3 Å². The average Bonchev–Trinajstić information content (AvgIpc) is 3.29. The molecule has 0 amide bonds. The number of aromatic nitrogens is 6. The highest BCUT2D eigenvalue weighted by molar-refractivity contribution is 5.83. The molecule has 0 aromatic carbocycles. The molecule has 0 unspecified atom stereocenters. The molecule has 2 fully saturated rings. The van der Waals surface area contributed by atoms with Crippen molar-refractivity contribution < 1.29 is 4.39 Å². The van der Waals surface area contributed by atoms with Gasteiger partial charge in [0.2, 0.25) is 5.95 Å². The van der Waals surface area contributed by atoms with Gasteiger partial charge >= 0.3 is 0 Å². The number of nitrogens with zero attached hydrogens (tertiary/aromatic N) is 8. The molecule has 0 bridgehead atoms. The molecular formula is C30H38FN9. The van der Waals surface area contributed by atoms with E-state index in [0.29, 0.717) is 22.4 Å². The normalized spacial score (nSPS) is 18.1. The van der Waals surface area contributed by atoms with E-state index in [9.17, 15) is 4.39 Å². The van der Waals surface area contributed by atoms with Gasteiger partial charge in [0, 0.05) is 36.9 Å². The maximum atomic E-state index is 14.8. The molecule has 2 aliphatic heterocycles. The first kappa shape index (κ1) is 26.7. The largest absolute Gasteiger partial charge is 0.309 e. The highest BCUT2D eigenvalue weighted by atomic mass is 19.1. The van der Waals surface area contributed by atoms with Crippen molar-refractivity contribution in [1.82, 2.24) is 39.5 Å². The summed E-state index contributed by atoms with van der Waals surface area (Å²) in [6.07, 6.45) is 9.95. The zero-order chi connectivity index (χ0) is 27.9. The van der Waals surface area contributed by atoms with Gasteiger partial charge in [-0.25, -0.2) is 24.3 Å². The van der Waals surface area contributed by atoms with E-state index in [0.717, 1.165) is 30.7 Å². The van der Waals surface area contributed by atoms with E-state index in [2.05, 4.69) is 67.1 Å². The third-order valence-electron chi connectivity index (χ3n) is 8.74. The van der Waals surface area contributed by atoms with Crippen molar-refractivity contribution in [1.29, 1.82) is 0 Å². The minimum atomic E-state index is -0.506. The van der Waals surface area contributed by atoms with Gasteiger partial charge in [0.05, 0.1) is 11.9 Å². The Labute approximate surface area is 234 Å². The average molecular weight is 544 g/mol. The van der Waals surface area contributed by atoms with E-state index in [1.54, 1.807) is 6.20 Å². The Balaban J connectivity index is 1.12. The standard InChI is InChI=1S/C30H38FN9/c1-20(2)27-23-15-22(17-33-28(23)37-39(27)4)26-24(31)18-34-29(36-26)35-25-6-5-21(16-32-25)19-40-13-9-30(10-14-40)7-11-38(3)12-8-30/h5-6,15-18,20H,7-14,19H2,1-4H3,(H,32,34,35,36). The zero-order valence-electron chi connectivity index (χ0n) is 23.9. The molecule has 10 heteroatoms. The van der Waals surface area contributed by atoms with Gasteiger partial charge in [-0.05, 0) is 87.9 Å². The number of halogens is 1. The van der Waals surface area contributed by atoms with Crippen LogP contribution >= 0.6 is 0 Å². The fourth-order valence-corrected chi connectivity index (χ4v) is 6.28. The summed E-state index contributed by atoms with van der Waals surface area (Å²) in [5.41, 5.74) is 4.19. The van der Waals surface area contributed by atoms with Crippen LogP contribution in [-0.4, -0.2) is 72.7 Å². The maximum absolute atomic E-state index is 14.8. The molecule has 0 radical (unpaired) electrons. The van der Waals surface area contributed by atoms with Gasteiger partial charge in [-0.1, -0.05) is 19.9 Å². The first-order chi connectivity index (χ1) is 19.3. The fourth-order valence-electron chi connectivity index (χ4n) is 6.28. The highest BCUT2D eigenvalue weighted by Crippen LogP contribution is 2.41. The lowest BCUT2D eigenvalue weighted by Gasteiger charge is -2.46. The molecule has 0 aliphatic carbocycles. The quantitative estimate of drug-likeness (QED) is 0.358. The summed E-state index contributed by atoms with van der Waals surface area (Å²) in [4.78, 5) is 22.7. The second-order valence-electron chi connectivity index (χ2n) is 11.9. The zero-order valence-corrected chi connectivity index (χ0v) is 23.9. The second kappa shape index (κ2) is 10.8. The first-order valence-corrected chi connectivity index (χ1v) is 14.3. The van der Waals surface area contributed by atoms with Gasteiger partial charge in [-0.15, -0.1) is 0 Å². The molecule has 0 atom stereocenters. The molecule has 210 valence electrons. The summed E-state index contributed by atoms with van der Waals surface area (Å²) in [5, 5.41) is 8.51. The molecule has 6 heterocycles. The van der Waals surface area contributed by atoms with Gasteiger partial charge in [0.1, 0.15) is 11.5 Å². The molecule has 1 N–H and O–H groups in total. The summed E-state index contributed by atoms with van der Waals surface area (Å²) in [7, 11) is 4.14. The lowest BCUT2D eigenvalue weighted by Crippen LogP contribution is -2.45. The molecular weight excluding hydrogens is 505 g/mol. The van der Waals surface area contributed by atoms with Crippen molar-refractivity contribution in [2.45, 2.75) is 52.0 Å². The van der Waals surface area contributed by atoms with Crippen LogP contribution in [0.1, 0.15) is 56.7 Å². The Morgan fingerprint density at radius 3 is 2.40 bits per heavy atom. The number of nitrogens with one attached hydrogen (secondary N) is 1. The third-order valence-corrected chi connectivity index (χ3v) is 8.74.